The molecule has 0 unspecified atom stereocenters. The van der Waals surface area contributed by atoms with Gasteiger partial charge < -0.3 is 15.2 Å². The highest BCUT2D eigenvalue weighted by Crippen LogP contribution is 2.30. The van der Waals surface area contributed by atoms with Gasteiger partial charge in [-0.05, 0) is 49.9 Å². The van der Waals surface area contributed by atoms with E-state index in [4.69, 9.17) is 9.97 Å². The number of rotatable bonds is 8. The minimum absolute atomic E-state index is 0.139. The maximum Gasteiger partial charge on any atom is 0.416 e. The summed E-state index contributed by atoms with van der Waals surface area (Å²) in [4.78, 5) is 16.4. The van der Waals surface area contributed by atoms with Crippen molar-refractivity contribution in [3.8, 4) is 0 Å². The van der Waals surface area contributed by atoms with E-state index in [-0.39, 0.29) is 18.6 Å². The van der Waals surface area contributed by atoms with E-state index >= 15 is 0 Å². The number of imidazole rings is 1. The molecule has 0 aliphatic carbocycles. The van der Waals surface area contributed by atoms with Crippen LogP contribution in [0.15, 0.2) is 60.9 Å². The monoisotopic (exact) mass is 523 g/mol. The Morgan fingerprint density at radius 2 is 1.71 bits per heavy atom. The van der Waals surface area contributed by atoms with E-state index in [1.807, 2.05) is 10.6 Å². The molecule has 1 saturated heterocycles. The van der Waals surface area contributed by atoms with Crippen molar-refractivity contribution in [3.05, 3.63) is 77.6 Å². The second-order valence-electron chi connectivity index (χ2n) is 10.0. The Hall–Kier alpha value is -3.66. The van der Waals surface area contributed by atoms with E-state index in [0.717, 1.165) is 44.6 Å². The van der Waals surface area contributed by atoms with Crippen LogP contribution in [0.4, 0.5) is 24.9 Å². The number of likely N-dealkylation sites (tertiary alicyclic amines) is 1. The lowest BCUT2D eigenvalue weighted by atomic mass is 10.0. The van der Waals surface area contributed by atoms with E-state index in [9.17, 15) is 13.2 Å². The fraction of sp³-hybridized carbons (Fsp3) is 0.393. The summed E-state index contributed by atoms with van der Waals surface area (Å²) in [6, 6.07) is 16.1. The van der Waals surface area contributed by atoms with Gasteiger partial charge in [0, 0.05) is 38.3 Å². The number of anilines is 2. The normalized spacial score (nSPS) is 15.3. The third-order valence-electron chi connectivity index (χ3n) is 6.86. The first-order valence-electron chi connectivity index (χ1n) is 12.9. The number of benzene rings is 2. The quantitative estimate of drug-likeness (QED) is 0.290. The highest BCUT2D eigenvalue weighted by atomic mass is 19.4. The van der Waals surface area contributed by atoms with E-state index in [1.165, 1.54) is 11.6 Å². The number of halogens is 3. The molecule has 3 heterocycles. The molecule has 0 bridgehead atoms. The molecule has 5 rings (SSSR count). The topological polar surface area (TPSA) is 70.9 Å². The third-order valence-corrected chi connectivity index (χ3v) is 6.86. The summed E-state index contributed by atoms with van der Waals surface area (Å²) in [6.07, 6.45) is -0.733. The Labute approximate surface area is 220 Å². The molecule has 4 aromatic rings. The lowest BCUT2D eigenvalue weighted by Gasteiger charge is -2.32. The van der Waals surface area contributed by atoms with Crippen LogP contribution in [-0.2, 0) is 19.3 Å². The second kappa shape index (κ2) is 11.0. The van der Waals surface area contributed by atoms with Crippen LogP contribution in [-0.4, -0.2) is 43.6 Å². The molecule has 0 saturated carbocycles. The fourth-order valence-electron chi connectivity index (χ4n) is 4.79. The van der Waals surface area contributed by atoms with Gasteiger partial charge in [-0.15, -0.1) is 0 Å². The minimum atomic E-state index is -4.39. The van der Waals surface area contributed by atoms with Crippen LogP contribution in [0.3, 0.4) is 0 Å². The van der Waals surface area contributed by atoms with E-state index in [1.54, 1.807) is 12.4 Å². The Balaban J connectivity index is 1.31. The summed E-state index contributed by atoms with van der Waals surface area (Å²) in [5.74, 6) is 0.990. The maximum atomic E-state index is 13.2. The number of fused-ring (bicyclic) bond motifs is 1. The Kier molecular flexibility index (Phi) is 7.51. The number of hydrogen-bond acceptors (Lipinski definition) is 6. The van der Waals surface area contributed by atoms with E-state index in [0.29, 0.717) is 28.5 Å². The molecule has 38 heavy (non-hydrogen) atoms. The maximum absolute atomic E-state index is 13.2. The summed E-state index contributed by atoms with van der Waals surface area (Å²) in [5, 5.41) is 6.71. The molecule has 1 fully saturated rings. The fourth-order valence-corrected chi connectivity index (χ4v) is 4.79. The van der Waals surface area contributed by atoms with Crippen molar-refractivity contribution in [2.75, 3.05) is 23.7 Å². The molecule has 0 atom stereocenters. The third kappa shape index (κ3) is 6.07. The molecule has 2 aromatic heterocycles. The van der Waals surface area contributed by atoms with Crippen molar-refractivity contribution >= 4 is 22.9 Å². The minimum Gasteiger partial charge on any atom is -0.364 e. The van der Waals surface area contributed by atoms with E-state index < -0.39 is 11.7 Å². The van der Waals surface area contributed by atoms with Crippen molar-refractivity contribution in [1.82, 2.24) is 24.4 Å². The van der Waals surface area contributed by atoms with Crippen LogP contribution >= 0.6 is 0 Å². The highest BCUT2D eigenvalue weighted by Gasteiger charge is 2.30. The van der Waals surface area contributed by atoms with Crippen molar-refractivity contribution in [3.63, 3.8) is 0 Å². The number of aromatic nitrogens is 4. The number of nitrogens with zero attached hydrogens (tertiary/aromatic N) is 5. The molecule has 0 radical (unpaired) electrons. The Morgan fingerprint density at radius 3 is 2.42 bits per heavy atom. The van der Waals surface area contributed by atoms with Gasteiger partial charge in [0.1, 0.15) is 0 Å². The molecule has 1 aliphatic rings. The van der Waals surface area contributed by atoms with Gasteiger partial charge in [0.2, 0.25) is 5.95 Å². The molecule has 0 spiro atoms. The number of alkyl halides is 3. The van der Waals surface area contributed by atoms with Crippen LogP contribution in [0.2, 0.25) is 0 Å². The summed E-state index contributed by atoms with van der Waals surface area (Å²) < 4.78 is 41.5. The van der Waals surface area contributed by atoms with Crippen LogP contribution in [0.1, 0.15) is 49.4 Å². The summed E-state index contributed by atoms with van der Waals surface area (Å²) in [6.45, 7) is 7.16. The smallest absolute Gasteiger partial charge is 0.364 e. The lowest BCUT2D eigenvalue weighted by molar-refractivity contribution is -0.137. The van der Waals surface area contributed by atoms with Gasteiger partial charge in [0.05, 0.1) is 11.9 Å². The first-order chi connectivity index (χ1) is 18.3. The Bertz CT molecular complexity index is 1360. The number of nitrogens with one attached hydrogen (secondary N) is 2. The van der Waals surface area contributed by atoms with E-state index in [2.05, 4.69) is 58.6 Å². The van der Waals surface area contributed by atoms with Gasteiger partial charge >= 0.3 is 6.18 Å². The van der Waals surface area contributed by atoms with Crippen LogP contribution in [0.5, 0.6) is 0 Å². The molecule has 10 heteroatoms. The number of piperidine rings is 1. The predicted octanol–water partition coefficient (Wildman–Crippen LogP) is 6.11. The molecule has 200 valence electrons. The van der Waals surface area contributed by atoms with Gasteiger partial charge in [-0.25, -0.2) is 4.98 Å². The van der Waals surface area contributed by atoms with Crippen molar-refractivity contribution in [2.24, 2.45) is 0 Å². The number of hydrogen-bond donors (Lipinski definition) is 2. The standard InChI is InChI=1S/C28H32F3N7/c1-19(2)38-18-33-24-25(32-16-21-9-6-10-22(15-21)28(29,30)31)35-27(36-26(24)38)34-23-11-13-37(14-12-23)17-20-7-4-3-5-8-20/h3-10,15,18-19,23H,11-14,16-17H2,1-2H3,(H2,32,34,35,36). The van der Waals surface area contributed by atoms with Gasteiger partial charge in [-0.1, -0.05) is 42.5 Å². The SMILES string of the molecule is CC(C)n1cnc2c(NCc3cccc(C(F)(F)F)c3)nc(NC3CCN(Cc4ccccc4)CC3)nc21. The van der Waals surface area contributed by atoms with Crippen molar-refractivity contribution < 1.29 is 13.2 Å². The largest absolute Gasteiger partial charge is 0.416 e. The van der Waals surface area contributed by atoms with Crippen LogP contribution in [0.25, 0.3) is 11.2 Å². The zero-order chi connectivity index (χ0) is 26.7. The summed E-state index contributed by atoms with van der Waals surface area (Å²) in [7, 11) is 0. The molecule has 2 aromatic carbocycles. The molecule has 2 N–H and O–H groups in total. The van der Waals surface area contributed by atoms with Crippen molar-refractivity contribution in [2.45, 2.75) is 58.0 Å². The zero-order valence-corrected chi connectivity index (χ0v) is 21.5. The Morgan fingerprint density at radius 1 is 0.974 bits per heavy atom. The van der Waals surface area contributed by atoms with Gasteiger partial charge in [-0.2, -0.15) is 23.1 Å². The first kappa shape index (κ1) is 26.0. The van der Waals surface area contributed by atoms with Crippen LogP contribution in [0, 0.1) is 0 Å². The van der Waals surface area contributed by atoms with Gasteiger partial charge in [0.15, 0.2) is 17.0 Å². The molecular weight excluding hydrogens is 491 g/mol. The average Bonchev–Trinajstić information content (AvgIpc) is 3.33. The van der Waals surface area contributed by atoms with Crippen LogP contribution < -0.4 is 10.6 Å². The molecule has 0 amide bonds. The molecular formula is C28H32F3N7. The first-order valence-corrected chi connectivity index (χ1v) is 12.9. The average molecular weight is 524 g/mol. The summed E-state index contributed by atoms with van der Waals surface area (Å²) >= 11 is 0. The second-order valence-corrected chi connectivity index (χ2v) is 10.0. The summed E-state index contributed by atoms with van der Waals surface area (Å²) in [5.41, 5.74) is 2.43. The van der Waals surface area contributed by atoms with Crippen molar-refractivity contribution in [1.29, 1.82) is 0 Å². The lowest BCUT2D eigenvalue weighted by Crippen LogP contribution is -2.39. The predicted molar refractivity (Wildman–Crippen MR) is 143 cm³/mol. The zero-order valence-electron chi connectivity index (χ0n) is 21.5. The molecule has 1 aliphatic heterocycles. The van der Waals surface area contributed by atoms with Gasteiger partial charge in [-0.3, -0.25) is 4.90 Å². The van der Waals surface area contributed by atoms with Gasteiger partial charge in [0.25, 0.3) is 0 Å². The molecule has 7 nitrogen and oxygen atoms in total. The highest BCUT2D eigenvalue weighted by molar-refractivity contribution is 5.84.